The van der Waals surface area contributed by atoms with Gasteiger partial charge >= 0.3 is 0 Å². The van der Waals surface area contributed by atoms with Crippen LogP contribution in [-0.2, 0) is 38.7 Å². The number of likely N-dealkylation sites (tertiary alicyclic amines) is 2. The summed E-state index contributed by atoms with van der Waals surface area (Å²) in [6.45, 7) is 12.1. The Bertz CT molecular complexity index is 2360. The van der Waals surface area contributed by atoms with E-state index in [-0.39, 0.29) is 62.3 Å². The largest absolute Gasteiger partial charge is 0.392 e. The number of aryl methyl sites for hydroxylation is 1. The molecule has 358 valence electrons. The Morgan fingerprint density at radius 2 is 1.67 bits per heavy atom. The quantitative estimate of drug-likeness (QED) is 0.0739. The second-order valence-corrected chi connectivity index (χ2v) is 20.2. The number of fused-ring (bicyclic) bond motifs is 1. The van der Waals surface area contributed by atoms with E-state index < -0.39 is 41.5 Å². The lowest BCUT2D eigenvalue weighted by molar-refractivity contribution is -0.144. The van der Waals surface area contributed by atoms with Crippen LogP contribution in [0.15, 0.2) is 66.4 Å². The molecule has 3 aliphatic rings. The Kier molecular flexibility index (Phi) is 16.6. The van der Waals surface area contributed by atoms with Gasteiger partial charge in [0.1, 0.15) is 35.7 Å². The van der Waals surface area contributed by atoms with Crippen LogP contribution in [0.25, 0.3) is 10.4 Å². The number of nitrogens with one attached hydrogen (secondary N) is 3. The summed E-state index contributed by atoms with van der Waals surface area (Å²) >= 11 is 1.57. The predicted molar refractivity (Wildman–Crippen MR) is 256 cm³/mol. The second-order valence-electron chi connectivity index (χ2n) is 19.3. The van der Waals surface area contributed by atoms with Gasteiger partial charge in [-0.2, -0.15) is 0 Å². The lowest BCUT2D eigenvalue weighted by Crippen LogP contribution is -2.57. The van der Waals surface area contributed by atoms with E-state index in [0.29, 0.717) is 43.9 Å². The first-order valence-electron chi connectivity index (χ1n) is 23.5. The van der Waals surface area contributed by atoms with Crippen molar-refractivity contribution < 1.29 is 34.2 Å². The highest BCUT2D eigenvalue weighted by Gasteiger charge is 2.44. The van der Waals surface area contributed by atoms with Crippen LogP contribution in [0.3, 0.4) is 0 Å². The van der Waals surface area contributed by atoms with Crippen molar-refractivity contribution in [3.05, 3.63) is 94.5 Å². The van der Waals surface area contributed by atoms with Gasteiger partial charge in [-0.15, -0.1) is 11.3 Å². The fourth-order valence-electron chi connectivity index (χ4n) is 9.06. The lowest BCUT2D eigenvalue weighted by Gasteiger charge is -2.39. The van der Waals surface area contributed by atoms with Gasteiger partial charge in [0.2, 0.25) is 17.7 Å². The Balaban J connectivity index is 0.778. The summed E-state index contributed by atoms with van der Waals surface area (Å²) in [7, 11) is 0. The molecule has 3 amide bonds. The molecule has 67 heavy (non-hydrogen) atoms. The average Bonchev–Trinajstić information content (AvgIpc) is 3.92. The third-order valence-electron chi connectivity index (χ3n) is 12.9. The first-order chi connectivity index (χ1) is 32.1. The predicted octanol–water partition coefficient (Wildman–Crippen LogP) is 4.33. The van der Waals surface area contributed by atoms with Crippen LogP contribution in [0, 0.1) is 12.3 Å². The molecule has 0 aliphatic carbocycles. The van der Waals surface area contributed by atoms with E-state index in [4.69, 9.17) is 0 Å². The number of anilines is 1. The third kappa shape index (κ3) is 13.6. The summed E-state index contributed by atoms with van der Waals surface area (Å²) in [5.41, 5.74) is 6.95. The molecule has 2 fully saturated rings. The van der Waals surface area contributed by atoms with Gasteiger partial charge in [-0.05, 0) is 60.4 Å². The first kappa shape index (κ1) is 49.4. The van der Waals surface area contributed by atoms with Gasteiger partial charge in [0.05, 0.1) is 34.3 Å². The normalized spacial score (nSPS) is 18.7. The number of carbonyl (C=O) groups excluding carboxylic acids is 5. The number of β-amino-alcohol motifs (C(OH)–C–C–N with tert-alkyl or cyclic N) is 2. The van der Waals surface area contributed by atoms with Crippen molar-refractivity contribution >= 4 is 46.4 Å². The summed E-state index contributed by atoms with van der Waals surface area (Å²) in [5, 5.41) is 30.4. The smallest absolute Gasteiger partial charge is 0.246 e. The first-order valence-corrected chi connectivity index (χ1v) is 24.4. The van der Waals surface area contributed by atoms with E-state index in [1.54, 1.807) is 17.4 Å². The Labute approximate surface area is 397 Å². The average molecular weight is 936 g/mol. The van der Waals surface area contributed by atoms with Gasteiger partial charge in [-0.25, -0.2) is 15.0 Å². The zero-order valence-corrected chi connectivity index (χ0v) is 39.9. The van der Waals surface area contributed by atoms with Crippen molar-refractivity contribution in [3.8, 4) is 10.4 Å². The van der Waals surface area contributed by atoms with E-state index in [0.717, 1.165) is 54.3 Å². The van der Waals surface area contributed by atoms with Gasteiger partial charge in [0.25, 0.3) is 0 Å². The monoisotopic (exact) mass is 935 g/mol. The fraction of sp³-hybridized carbons (Fsp3) is 0.520. The summed E-state index contributed by atoms with van der Waals surface area (Å²) in [6, 6.07) is 16.1. The van der Waals surface area contributed by atoms with E-state index in [9.17, 15) is 34.2 Å². The molecular formula is C50H65N9O7S. The number of rotatable bonds is 21. The van der Waals surface area contributed by atoms with Crippen molar-refractivity contribution in [2.24, 2.45) is 5.41 Å². The highest BCUT2D eigenvalue weighted by atomic mass is 32.1. The van der Waals surface area contributed by atoms with Gasteiger partial charge < -0.3 is 31.1 Å². The van der Waals surface area contributed by atoms with Gasteiger partial charge in [0, 0.05) is 84.0 Å². The van der Waals surface area contributed by atoms with Crippen molar-refractivity contribution in [1.29, 1.82) is 0 Å². The van der Waals surface area contributed by atoms with E-state index in [1.165, 1.54) is 22.4 Å². The molecule has 17 heteroatoms. The van der Waals surface area contributed by atoms with Crippen LogP contribution < -0.4 is 16.0 Å². The summed E-state index contributed by atoms with van der Waals surface area (Å²) in [5.74, 6) is -0.870. The van der Waals surface area contributed by atoms with Gasteiger partial charge in [0.15, 0.2) is 5.78 Å². The Morgan fingerprint density at radius 3 is 2.40 bits per heavy atom. The van der Waals surface area contributed by atoms with E-state index >= 15 is 0 Å². The number of ketones is 2. The molecule has 4 aromatic rings. The maximum atomic E-state index is 14.0. The molecule has 0 saturated carbocycles. The molecule has 2 aromatic carbocycles. The van der Waals surface area contributed by atoms with Crippen LogP contribution in [0.4, 0.5) is 5.82 Å². The number of aliphatic hydroxyl groups is 2. The number of carbonyl (C=O) groups is 5. The van der Waals surface area contributed by atoms with Crippen LogP contribution in [-0.4, -0.2) is 139 Å². The highest BCUT2D eigenvalue weighted by Crippen LogP contribution is 2.29. The molecule has 2 saturated heterocycles. The number of amides is 3. The molecule has 2 aromatic heterocycles. The maximum Gasteiger partial charge on any atom is 0.246 e. The van der Waals surface area contributed by atoms with E-state index in [2.05, 4.69) is 58.9 Å². The van der Waals surface area contributed by atoms with Crippen LogP contribution >= 0.6 is 11.3 Å². The highest BCUT2D eigenvalue weighted by molar-refractivity contribution is 7.13. The molecule has 5 heterocycles. The number of benzene rings is 2. The number of hydrogen-bond acceptors (Lipinski definition) is 14. The zero-order chi connectivity index (χ0) is 47.7. The van der Waals surface area contributed by atoms with Crippen LogP contribution in [0.5, 0.6) is 0 Å². The van der Waals surface area contributed by atoms with Crippen molar-refractivity contribution in [1.82, 2.24) is 40.3 Å². The summed E-state index contributed by atoms with van der Waals surface area (Å²) < 4.78 is 0. The third-order valence-corrected chi connectivity index (χ3v) is 13.9. The summed E-state index contributed by atoms with van der Waals surface area (Å²) in [6.07, 6.45) is 2.41. The van der Waals surface area contributed by atoms with Gasteiger partial charge in [-0.3, -0.25) is 33.8 Å². The van der Waals surface area contributed by atoms with Crippen LogP contribution in [0.1, 0.15) is 98.6 Å². The lowest BCUT2D eigenvalue weighted by atomic mass is 9.85. The van der Waals surface area contributed by atoms with E-state index in [1.807, 2.05) is 63.5 Å². The molecule has 0 spiro atoms. The molecule has 3 aliphatic heterocycles. The topological polar surface area (TPSA) is 210 Å². The number of aromatic nitrogens is 3. The molecule has 0 bridgehead atoms. The minimum absolute atomic E-state index is 0.0278. The molecule has 7 rings (SSSR count). The zero-order valence-electron chi connectivity index (χ0n) is 39.1. The Morgan fingerprint density at radius 1 is 0.910 bits per heavy atom. The minimum atomic E-state index is -0.978. The maximum absolute atomic E-state index is 14.0. The molecule has 16 nitrogen and oxygen atoms in total. The van der Waals surface area contributed by atoms with Crippen molar-refractivity contribution in [2.45, 2.75) is 122 Å². The molecule has 5 N–H and O–H groups in total. The molecule has 4 atom stereocenters. The number of nitrogens with zero attached hydrogens (tertiary/aromatic N) is 6. The second kappa shape index (κ2) is 22.6. The van der Waals surface area contributed by atoms with Gasteiger partial charge in [-0.1, -0.05) is 69.3 Å². The number of thiazole rings is 1. The minimum Gasteiger partial charge on any atom is -0.392 e. The SMILES string of the molecule is Cc1ncsc1-c1ccc(CNC(=O)[C@@H]2C[C@@H](O)CN2C(=O)[C@@H](NC(=O)CCC(=O)CCCN2CC(Nc3cc(C(=O)CC[C@H](O)CN4CCc5ccccc5C4)ncn3)C2)C(C)(C)C)cc1. The van der Waals surface area contributed by atoms with Crippen molar-refractivity contribution in [3.63, 3.8) is 0 Å². The number of Topliss-reactive ketones (excluding diaryl/α,β-unsaturated/α-hetero) is 2. The standard InChI is InChI=1S/C50H65N9O7S/c1-32-46(67-31-54-32)35-13-11-33(12-14-35)24-51-48(65)42-22-40(62)29-59(42)49(66)47(50(2,3)4)56-45(64)18-16-38(60)10-7-20-57-26-37(27-57)55-44-23-41(52-30-53-44)43(63)17-15-39(61)28-58-21-19-34-8-5-6-9-36(34)25-58/h5-6,8-9,11-14,23,30-31,37,39-40,42,47,61-62H,7,10,15-22,24-29H2,1-4H3,(H,51,65)(H,56,64)(H,52,53,55)/t39-,40+,42-,47+/m0/s1. The molecule has 0 unspecified atom stereocenters. The number of hydrogen-bond donors (Lipinski definition) is 5. The fourth-order valence-corrected chi connectivity index (χ4v) is 9.87. The van der Waals surface area contributed by atoms with Crippen LogP contribution in [0.2, 0.25) is 0 Å². The number of aliphatic hydroxyl groups excluding tert-OH is 2. The molecular weight excluding hydrogens is 871 g/mol. The Hall–Kier alpha value is -5.46. The summed E-state index contributed by atoms with van der Waals surface area (Å²) in [4.78, 5) is 86.2. The molecule has 0 radical (unpaired) electrons. The van der Waals surface area contributed by atoms with Crippen molar-refractivity contribution in [2.75, 3.05) is 44.6 Å².